The average Bonchev–Trinajstić information content (AvgIpc) is 2.53. The maximum absolute atomic E-state index is 10.6. The summed E-state index contributed by atoms with van der Waals surface area (Å²) in [4.78, 5) is 4.33. The molecule has 3 heteroatoms. The average molecular weight is 279 g/mol. The van der Waals surface area contributed by atoms with Crippen molar-refractivity contribution in [3.8, 4) is 5.75 Å². The van der Waals surface area contributed by atoms with Gasteiger partial charge in [0.25, 0.3) is 0 Å². The fourth-order valence-electron chi connectivity index (χ4n) is 2.52. The van der Waals surface area contributed by atoms with E-state index in [-0.39, 0.29) is 0 Å². The van der Waals surface area contributed by atoms with Crippen LogP contribution in [0.1, 0.15) is 22.8 Å². The molecule has 1 N–H and O–H groups in total. The van der Waals surface area contributed by atoms with Crippen LogP contribution >= 0.6 is 0 Å². The molecular formula is C18H17NO2. The van der Waals surface area contributed by atoms with Crippen molar-refractivity contribution < 1.29 is 9.84 Å². The number of pyridine rings is 1. The summed E-state index contributed by atoms with van der Waals surface area (Å²) in [6.07, 6.45) is 1.09. The van der Waals surface area contributed by atoms with E-state index in [0.29, 0.717) is 0 Å². The van der Waals surface area contributed by atoms with Crippen molar-refractivity contribution in [1.82, 2.24) is 4.98 Å². The zero-order chi connectivity index (χ0) is 14.8. The molecule has 1 heterocycles. The van der Waals surface area contributed by atoms with Gasteiger partial charge in [-0.25, -0.2) is 0 Å². The number of aliphatic hydroxyl groups is 1. The number of hydrogen-bond acceptors (Lipinski definition) is 3. The number of rotatable bonds is 3. The molecule has 0 saturated heterocycles. The molecule has 3 aromatic rings. The van der Waals surface area contributed by atoms with Crippen molar-refractivity contribution in [2.45, 2.75) is 13.0 Å². The second-order valence-electron chi connectivity index (χ2n) is 5.09. The summed E-state index contributed by atoms with van der Waals surface area (Å²) >= 11 is 0. The van der Waals surface area contributed by atoms with Crippen LogP contribution in [0.5, 0.6) is 5.75 Å². The van der Waals surface area contributed by atoms with Gasteiger partial charge in [0.1, 0.15) is 11.9 Å². The van der Waals surface area contributed by atoms with E-state index in [4.69, 9.17) is 4.74 Å². The zero-order valence-corrected chi connectivity index (χ0v) is 12.1. The Morgan fingerprint density at radius 1 is 1.05 bits per heavy atom. The first-order chi connectivity index (χ1) is 10.2. The van der Waals surface area contributed by atoms with Crippen LogP contribution in [0.2, 0.25) is 0 Å². The number of fused-ring (bicyclic) bond motifs is 1. The Morgan fingerprint density at radius 2 is 1.81 bits per heavy atom. The Bertz CT molecular complexity index is 783. The van der Waals surface area contributed by atoms with E-state index in [9.17, 15) is 5.11 Å². The van der Waals surface area contributed by atoms with Crippen molar-refractivity contribution >= 4 is 10.9 Å². The van der Waals surface area contributed by atoms with Crippen LogP contribution in [0.4, 0.5) is 0 Å². The van der Waals surface area contributed by atoms with Gasteiger partial charge in [0, 0.05) is 11.6 Å². The number of aromatic nitrogens is 1. The molecule has 0 radical (unpaired) electrons. The summed E-state index contributed by atoms with van der Waals surface area (Å²) in [5, 5.41) is 11.6. The Labute approximate surface area is 123 Å². The summed E-state index contributed by atoms with van der Waals surface area (Å²) < 4.78 is 5.25. The summed E-state index contributed by atoms with van der Waals surface area (Å²) in [5.41, 5.74) is 3.58. The molecular weight excluding hydrogens is 262 g/mol. The van der Waals surface area contributed by atoms with Crippen LogP contribution < -0.4 is 4.74 Å². The van der Waals surface area contributed by atoms with Gasteiger partial charge < -0.3 is 9.84 Å². The molecule has 106 valence electrons. The normalized spacial score (nSPS) is 12.3. The summed E-state index contributed by atoms with van der Waals surface area (Å²) in [6.45, 7) is 1.97. The van der Waals surface area contributed by atoms with Crippen LogP contribution in [-0.2, 0) is 0 Å². The number of aryl methyl sites for hydroxylation is 1. The third kappa shape index (κ3) is 2.60. The largest absolute Gasteiger partial charge is 0.496 e. The van der Waals surface area contributed by atoms with E-state index < -0.39 is 6.10 Å². The van der Waals surface area contributed by atoms with Crippen molar-refractivity contribution in [3.63, 3.8) is 0 Å². The third-order valence-corrected chi connectivity index (χ3v) is 3.68. The van der Waals surface area contributed by atoms with E-state index >= 15 is 0 Å². The lowest BCUT2D eigenvalue weighted by Crippen LogP contribution is -2.01. The maximum Gasteiger partial charge on any atom is 0.121 e. The van der Waals surface area contributed by atoms with Crippen molar-refractivity contribution in [1.29, 1.82) is 0 Å². The molecule has 1 aromatic heterocycles. The van der Waals surface area contributed by atoms with Crippen molar-refractivity contribution in [3.05, 3.63) is 71.4 Å². The molecule has 0 aliphatic carbocycles. The molecule has 0 fully saturated rings. The summed E-state index contributed by atoms with van der Waals surface area (Å²) in [6, 6.07) is 15.5. The molecule has 1 unspecified atom stereocenters. The molecule has 0 aliphatic heterocycles. The van der Waals surface area contributed by atoms with Gasteiger partial charge in [0.2, 0.25) is 0 Å². The standard InChI is InChI=1S/C18H17NO2/c1-12-10-14(7-8-17(12)21-2)18(20)15-6-5-13-4-3-9-19-16(13)11-15/h3-11,18,20H,1-2H3. The Balaban J connectivity index is 1.99. The maximum atomic E-state index is 10.6. The first-order valence-electron chi connectivity index (χ1n) is 6.86. The molecule has 0 saturated carbocycles. The van der Waals surface area contributed by atoms with Gasteiger partial charge in [-0.2, -0.15) is 0 Å². The predicted octanol–water partition coefficient (Wildman–Crippen LogP) is 3.63. The number of hydrogen-bond donors (Lipinski definition) is 1. The van der Waals surface area contributed by atoms with E-state index in [0.717, 1.165) is 33.3 Å². The van der Waals surface area contributed by atoms with Crippen LogP contribution in [-0.4, -0.2) is 17.2 Å². The molecule has 0 amide bonds. The number of aliphatic hydroxyl groups excluding tert-OH is 1. The SMILES string of the molecule is COc1ccc(C(O)c2ccc3cccnc3c2)cc1C. The van der Waals surface area contributed by atoms with Gasteiger partial charge >= 0.3 is 0 Å². The molecule has 2 aromatic carbocycles. The predicted molar refractivity (Wildman–Crippen MR) is 83.5 cm³/mol. The molecule has 3 rings (SSSR count). The highest BCUT2D eigenvalue weighted by Gasteiger charge is 2.12. The van der Waals surface area contributed by atoms with Crippen LogP contribution in [0.25, 0.3) is 10.9 Å². The molecule has 0 aliphatic rings. The number of ether oxygens (including phenoxy) is 1. The molecule has 21 heavy (non-hydrogen) atoms. The fraction of sp³-hybridized carbons (Fsp3) is 0.167. The lowest BCUT2D eigenvalue weighted by Gasteiger charge is -2.14. The van der Waals surface area contributed by atoms with Gasteiger partial charge in [-0.1, -0.05) is 24.3 Å². The zero-order valence-electron chi connectivity index (χ0n) is 12.1. The highest BCUT2D eigenvalue weighted by Crippen LogP contribution is 2.28. The number of methoxy groups -OCH3 is 1. The van der Waals surface area contributed by atoms with Gasteiger partial charge in [0.05, 0.1) is 12.6 Å². The second kappa shape index (κ2) is 5.54. The minimum Gasteiger partial charge on any atom is -0.496 e. The summed E-state index contributed by atoms with van der Waals surface area (Å²) in [5.74, 6) is 0.825. The van der Waals surface area contributed by atoms with Gasteiger partial charge in [-0.3, -0.25) is 4.98 Å². The molecule has 1 atom stereocenters. The summed E-state index contributed by atoms with van der Waals surface area (Å²) in [7, 11) is 1.65. The minimum absolute atomic E-state index is 0.666. The Hall–Kier alpha value is -2.39. The van der Waals surface area contributed by atoms with Gasteiger partial charge in [-0.15, -0.1) is 0 Å². The highest BCUT2D eigenvalue weighted by atomic mass is 16.5. The monoisotopic (exact) mass is 279 g/mol. The van der Waals surface area contributed by atoms with Crippen LogP contribution in [0.15, 0.2) is 54.7 Å². The first kappa shape index (κ1) is 13.6. The minimum atomic E-state index is -0.666. The van der Waals surface area contributed by atoms with E-state index in [2.05, 4.69) is 4.98 Å². The van der Waals surface area contributed by atoms with Crippen molar-refractivity contribution in [2.75, 3.05) is 7.11 Å². The lowest BCUT2D eigenvalue weighted by molar-refractivity contribution is 0.220. The quantitative estimate of drug-likeness (QED) is 0.796. The third-order valence-electron chi connectivity index (χ3n) is 3.68. The fourth-order valence-corrected chi connectivity index (χ4v) is 2.52. The van der Waals surface area contributed by atoms with Crippen molar-refractivity contribution in [2.24, 2.45) is 0 Å². The number of benzene rings is 2. The molecule has 0 spiro atoms. The van der Waals surface area contributed by atoms with Gasteiger partial charge in [0.15, 0.2) is 0 Å². The van der Waals surface area contributed by atoms with Crippen LogP contribution in [0.3, 0.4) is 0 Å². The van der Waals surface area contributed by atoms with E-state index in [1.54, 1.807) is 13.3 Å². The van der Waals surface area contributed by atoms with Gasteiger partial charge in [-0.05, 0) is 47.9 Å². The van der Waals surface area contributed by atoms with E-state index in [1.165, 1.54) is 0 Å². The van der Waals surface area contributed by atoms with Crippen LogP contribution in [0, 0.1) is 6.92 Å². The highest BCUT2D eigenvalue weighted by molar-refractivity contribution is 5.79. The Kier molecular flexibility index (Phi) is 3.59. The Morgan fingerprint density at radius 3 is 2.57 bits per heavy atom. The van der Waals surface area contributed by atoms with E-state index in [1.807, 2.05) is 55.5 Å². The second-order valence-corrected chi connectivity index (χ2v) is 5.09. The smallest absolute Gasteiger partial charge is 0.121 e. The number of nitrogens with zero attached hydrogens (tertiary/aromatic N) is 1. The molecule has 0 bridgehead atoms. The molecule has 3 nitrogen and oxygen atoms in total. The first-order valence-corrected chi connectivity index (χ1v) is 6.86. The topological polar surface area (TPSA) is 42.4 Å². The lowest BCUT2D eigenvalue weighted by atomic mass is 9.98.